The predicted molar refractivity (Wildman–Crippen MR) is 142 cm³/mol. The maximum Gasteiger partial charge on any atom is 0.321 e. The fourth-order valence-corrected chi connectivity index (χ4v) is 4.86. The van der Waals surface area contributed by atoms with Gasteiger partial charge in [0, 0.05) is 37.2 Å². The molecule has 10 heteroatoms. The van der Waals surface area contributed by atoms with Crippen LogP contribution < -0.4 is 10.1 Å². The van der Waals surface area contributed by atoms with Crippen molar-refractivity contribution in [3.8, 4) is 17.7 Å². The number of anilines is 1. The predicted octanol–water partition coefficient (Wildman–Crippen LogP) is 3.61. The van der Waals surface area contributed by atoms with Crippen LogP contribution in [0, 0.1) is 37.5 Å². The Balaban J connectivity index is 1.59. The van der Waals surface area contributed by atoms with E-state index in [1.807, 2.05) is 13.8 Å². The third-order valence-corrected chi connectivity index (χ3v) is 7.36. The maximum absolute atomic E-state index is 13.6. The number of aliphatic hydroxyl groups excluding tert-OH is 1. The topological polar surface area (TPSA) is 121 Å². The van der Waals surface area contributed by atoms with Gasteiger partial charge in [0.05, 0.1) is 19.2 Å². The zero-order valence-electron chi connectivity index (χ0n) is 22.8. The second kappa shape index (κ2) is 11.9. The molecule has 3 atom stereocenters. The standard InChI is InChI=1S/C28H37N5O5/c1-17-14-33(18(2)16-34)27(35)23-12-22(11-10-21-8-6-7-9-21)13-29-26(23)37-24(17)15-32(5)28(36)30-25-19(3)31-38-20(25)4/h12-13,17-18,21,24,34H,6-9,14-16H2,1-5H3,(H,30,36)/t17-,18+,24-/m1/s1. The molecule has 0 spiro atoms. The van der Waals surface area contributed by atoms with E-state index in [9.17, 15) is 14.7 Å². The van der Waals surface area contributed by atoms with Crippen molar-refractivity contribution >= 4 is 17.6 Å². The van der Waals surface area contributed by atoms with Crippen LogP contribution in [0.25, 0.3) is 0 Å². The lowest BCUT2D eigenvalue weighted by Crippen LogP contribution is -2.50. The highest BCUT2D eigenvalue weighted by atomic mass is 16.5. The van der Waals surface area contributed by atoms with Crippen LogP contribution in [0.4, 0.5) is 10.5 Å². The summed E-state index contributed by atoms with van der Waals surface area (Å²) in [7, 11) is 1.68. The molecule has 1 saturated carbocycles. The fraction of sp³-hybridized carbons (Fsp3) is 0.571. The average molecular weight is 524 g/mol. The lowest BCUT2D eigenvalue weighted by molar-refractivity contribution is 0.0356. The number of nitrogens with zero attached hydrogens (tertiary/aromatic N) is 4. The highest BCUT2D eigenvalue weighted by Gasteiger charge is 2.35. The number of aliphatic hydroxyl groups is 1. The molecule has 1 aliphatic carbocycles. The SMILES string of the molecule is Cc1noc(C)c1NC(=O)N(C)C[C@H]1Oc2ncc(C#CC3CCCC3)cc2C(=O)N([C@@H](C)CO)C[C@H]1C. The molecule has 38 heavy (non-hydrogen) atoms. The van der Waals surface area contributed by atoms with Crippen LogP contribution in [0.2, 0.25) is 0 Å². The lowest BCUT2D eigenvalue weighted by atomic mass is 10.00. The molecular weight excluding hydrogens is 486 g/mol. The highest BCUT2D eigenvalue weighted by Crippen LogP contribution is 2.28. The minimum Gasteiger partial charge on any atom is -0.472 e. The van der Waals surface area contributed by atoms with Gasteiger partial charge in [-0.2, -0.15) is 0 Å². The van der Waals surface area contributed by atoms with Crippen LogP contribution in [0.3, 0.4) is 0 Å². The number of fused-ring (bicyclic) bond motifs is 1. The van der Waals surface area contributed by atoms with Crippen molar-refractivity contribution in [1.29, 1.82) is 0 Å². The van der Waals surface area contributed by atoms with Gasteiger partial charge in [-0.15, -0.1) is 0 Å². The monoisotopic (exact) mass is 523 g/mol. The third-order valence-electron chi connectivity index (χ3n) is 7.36. The van der Waals surface area contributed by atoms with Crippen molar-refractivity contribution in [3.63, 3.8) is 0 Å². The Morgan fingerprint density at radius 1 is 1.34 bits per heavy atom. The summed E-state index contributed by atoms with van der Waals surface area (Å²) < 4.78 is 11.4. The van der Waals surface area contributed by atoms with Crippen LogP contribution in [0.15, 0.2) is 16.8 Å². The molecule has 1 aliphatic heterocycles. The smallest absolute Gasteiger partial charge is 0.321 e. The molecule has 2 aromatic rings. The quantitative estimate of drug-likeness (QED) is 0.574. The molecule has 0 bridgehead atoms. The molecule has 4 rings (SSSR count). The Morgan fingerprint density at radius 3 is 2.74 bits per heavy atom. The molecule has 0 unspecified atom stereocenters. The third kappa shape index (κ3) is 6.10. The van der Waals surface area contributed by atoms with E-state index in [1.54, 1.807) is 38.1 Å². The minimum atomic E-state index is -0.460. The van der Waals surface area contributed by atoms with Gasteiger partial charge >= 0.3 is 6.03 Å². The number of carbonyl (C=O) groups is 2. The summed E-state index contributed by atoms with van der Waals surface area (Å²) in [5, 5.41) is 16.6. The van der Waals surface area contributed by atoms with E-state index in [2.05, 4.69) is 27.3 Å². The van der Waals surface area contributed by atoms with Crippen molar-refractivity contribution < 1.29 is 24.0 Å². The molecule has 0 aromatic carbocycles. The summed E-state index contributed by atoms with van der Waals surface area (Å²) in [5.74, 6) is 7.20. The number of urea groups is 1. The molecular formula is C28H37N5O5. The Morgan fingerprint density at radius 2 is 2.08 bits per heavy atom. The fourth-order valence-electron chi connectivity index (χ4n) is 4.86. The number of likely N-dealkylation sites (N-methyl/N-ethyl adjacent to an activating group) is 1. The van der Waals surface area contributed by atoms with E-state index in [0.29, 0.717) is 40.7 Å². The first-order valence-corrected chi connectivity index (χ1v) is 13.2. The van der Waals surface area contributed by atoms with E-state index in [0.717, 1.165) is 12.8 Å². The van der Waals surface area contributed by atoms with Gasteiger partial charge in [0.2, 0.25) is 5.88 Å². The van der Waals surface area contributed by atoms with Crippen LogP contribution in [-0.2, 0) is 0 Å². The summed E-state index contributed by atoms with van der Waals surface area (Å²) in [5.41, 5.74) is 2.10. The van der Waals surface area contributed by atoms with Crippen LogP contribution in [-0.4, -0.2) is 75.9 Å². The minimum absolute atomic E-state index is 0.154. The summed E-state index contributed by atoms with van der Waals surface area (Å²) in [6, 6.07) is 0.995. The highest BCUT2D eigenvalue weighted by molar-refractivity contribution is 5.97. The molecule has 0 radical (unpaired) electrons. The number of aryl methyl sites for hydroxylation is 2. The van der Waals surface area contributed by atoms with Gasteiger partial charge in [0.25, 0.3) is 5.91 Å². The normalized spacial score (nSPS) is 20.5. The maximum atomic E-state index is 13.6. The van der Waals surface area contributed by atoms with Gasteiger partial charge in [-0.25, -0.2) is 9.78 Å². The van der Waals surface area contributed by atoms with E-state index >= 15 is 0 Å². The molecule has 3 heterocycles. The number of rotatable bonds is 5. The number of carbonyl (C=O) groups excluding carboxylic acids is 2. The van der Waals surface area contributed by atoms with Crippen LogP contribution >= 0.6 is 0 Å². The zero-order chi connectivity index (χ0) is 27.4. The van der Waals surface area contributed by atoms with Crippen molar-refractivity contribution in [3.05, 3.63) is 34.8 Å². The second-order valence-electron chi connectivity index (χ2n) is 10.5. The summed E-state index contributed by atoms with van der Waals surface area (Å²) >= 11 is 0. The van der Waals surface area contributed by atoms with Crippen LogP contribution in [0.1, 0.15) is 66.9 Å². The molecule has 0 saturated heterocycles. The number of pyridine rings is 1. The number of hydrogen-bond acceptors (Lipinski definition) is 7. The van der Waals surface area contributed by atoms with E-state index < -0.39 is 12.1 Å². The molecule has 204 valence electrons. The summed E-state index contributed by atoms with van der Waals surface area (Å²) in [4.78, 5) is 34.2. The Kier molecular flexibility index (Phi) is 8.57. The van der Waals surface area contributed by atoms with Crippen molar-refractivity contribution in [2.24, 2.45) is 11.8 Å². The molecule has 2 N–H and O–H groups in total. The Bertz CT molecular complexity index is 1210. The first kappa shape index (κ1) is 27.5. The van der Waals surface area contributed by atoms with Crippen molar-refractivity contribution in [2.75, 3.05) is 32.1 Å². The van der Waals surface area contributed by atoms with Crippen molar-refractivity contribution in [2.45, 2.75) is 65.5 Å². The Labute approximate surface area is 223 Å². The first-order chi connectivity index (χ1) is 18.2. The van der Waals surface area contributed by atoms with Gasteiger partial charge in [-0.05, 0) is 39.7 Å². The number of aromatic nitrogens is 2. The summed E-state index contributed by atoms with van der Waals surface area (Å²) in [6.07, 6.45) is 5.78. The van der Waals surface area contributed by atoms with Gasteiger partial charge in [-0.1, -0.05) is 36.8 Å². The largest absolute Gasteiger partial charge is 0.472 e. The average Bonchev–Trinajstić information content (AvgIpc) is 3.54. The molecule has 1 fully saturated rings. The molecule has 3 amide bonds. The number of amides is 3. The van der Waals surface area contributed by atoms with Crippen LogP contribution in [0.5, 0.6) is 5.88 Å². The lowest BCUT2D eigenvalue weighted by Gasteiger charge is -2.37. The van der Waals surface area contributed by atoms with Crippen molar-refractivity contribution in [1.82, 2.24) is 19.9 Å². The van der Waals surface area contributed by atoms with E-state index in [-0.39, 0.29) is 36.9 Å². The second-order valence-corrected chi connectivity index (χ2v) is 10.5. The van der Waals surface area contributed by atoms with E-state index in [1.165, 1.54) is 17.7 Å². The van der Waals surface area contributed by atoms with E-state index in [4.69, 9.17) is 9.26 Å². The molecule has 2 aliphatic rings. The first-order valence-electron chi connectivity index (χ1n) is 13.2. The molecule has 2 aromatic heterocycles. The summed E-state index contributed by atoms with van der Waals surface area (Å²) in [6.45, 7) is 7.68. The molecule has 10 nitrogen and oxygen atoms in total. The zero-order valence-corrected chi connectivity index (χ0v) is 22.8. The van der Waals surface area contributed by atoms with Gasteiger partial charge in [0.1, 0.15) is 23.0 Å². The van der Waals surface area contributed by atoms with Gasteiger partial charge in [-0.3, -0.25) is 4.79 Å². The van der Waals surface area contributed by atoms with Gasteiger partial charge in [0.15, 0.2) is 5.76 Å². The van der Waals surface area contributed by atoms with Gasteiger partial charge < -0.3 is 29.5 Å². The number of nitrogens with one attached hydrogen (secondary N) is 1. The number of hydrogen-bond donors (Lipinski definition) is 2. The Hall–Kier alpha value is -3.58. The number of ether oxygens (including phenoxy) is 1.